The molecule has 9 heteroatoms. The number of aliphatic hydroxyl groups is 1. The van der Waals surface area contributed by atoms with Gasteiger partial charge in [0.15, 0.2) is 0 Å². The SMILES string of the molecule is COc1cnc(-c2cc3[nH]c(CNC(=O)N[C@H]4CC[C@@H]4O)cc3cc2Cl)cn1. The number of urea groups is 1. The highest BCUT2D eigenvalue weighted by Crippen LogP contribution is 2.31. The number of benzene rings is 1. The maximum atomic E-state index is 11.9. The predicted octanol–water partition coefficient (Wildman–Crippen LogP) is 2.61. The lowest BCUT2D eigenvalue weighted by Gasteiger charge is -2.32. The van der Waals surface area contributed by atoms with Crippen molar-refractivity contribution < 1.29 is 14.6 Å². The van der Waals surface area contributed by atoms with Crippen molar-refractivity contribution in [1.82, 2.24) is 25.6 Å². The van der Waals surface area contributed by atoms with Crippen molar-refractivity contribution in [2.75, 3.05) is 7.11 Å². The molecule has 0 spiro atoms. The standard InChI is InChI=1S/C19H20ClN5O3/c1-28-18-9-21-16(8-22-18)12-6-15-10(5-13(12)20)4-11(24-15)7-23-19(27)25-14-2-3-17(14)26/h4-6,8-9,14,17,24,26H,2-3,7H2,1H3,(H2,23,25,27)/t14-,17-/m0/s1. The first-order valence-electron chi connectivity index (χ1n) is 8.93. The second-order valence-corrected chi connectivity index (χ2v) is 7.14. The van der Waals surface area contributed by atoms with Gasteiger partial charge in [0, 0.05) is 22.2 Å². The number of methoxy groups -OCH3 is 1. The van der Waals surface area contributed by atoms with Crippen molar-refractivity contribution in [3.05, 3.63) is 41.3 Å². The summed E-state index contributed by atoms with van der Waals surface area (Å²) >= 11 is 6.43. The van der Waals surface area contributed by atoms with E-state index in [9.17, 15) is 9.90 Å². The smallest absolute Gasteiger partial charge is 0.315 e. The molecule has 1 aliphatic carbocycles. The highest BCUT2D eigenvalue weighted by Gasteiger charge is 2.29. The van der Waals surface area contributed by atoms with Crippen LogP contribution in [0.5, 0.6) is 5.88 Å². The molecule has 2 heterocycles. The number of ether oxygens (including phenoxy) is 1. The number of hydrogen-bond acceptors (Lipinski definition) is 5. The summed E-state index contributed by atoms with van der Waals surface area (Å²) in [6.45, 7) is 0.332. The Bertz CT molecular complexity index is 1000. The highest BCUT2D eigenvalue weighted by atomic mass is 35.5. The van der Waals surface area contributed by atoms with E-state index in [1.165, 1.54) is 13.3 Å². The molecule has 4 rings (SSSR count). The van der Waals surface area contributed by atoms with Crippen LogP contribution in [0.25, 0.3) is 22.2 Å². The molecular formula is C19H20ClN5O3. The Balaban J connectivity index is 1.48. The first kappa shape index (κ1) is 18.5. The normalized spacial score (nSPS) is 18.5. The van der Waals surface area contributed by atoms with Gasteiger partial charge in [0.05, 0.1) is 48.9 Å². The summed E-state index contributed by atoms with van der Waals surface area (Å²) in [5, 5.41) is 16.6. The molecule has 0 radical (unpaired) electrons. The molecule has 2 aromatic heterocycles. The average Bonchev–Trinajstić information content (AvgIpc) is 3.10. The number of fused-ring (bicyclic) bond motifs is 1. The van der Waals surface area contributed by atoms with Crippen molar-refractivity contribution in [1.29, 1.82) is 0 Å². The number of aromatic nitrogens is 3. The van der Waals surface area contributed by atoms with Gasteiger partial charge in [0.2, 0.25) is 5.88 Å². The van der Waals surface area contributed by atoms with Crippen molar-refractivity contribution in [2.24, 2.45) is 0 Å². The number of amides is 2. The number of carbonyl (C=O) groups excluding carboxylic acids is 1. The van der Waals surface area contributed by atoms with Gasteiger partial charge in [-0.3, -0.25) is 0 Å². The summed E-state index contributed by atoms with van der Waals surface area (Å²) in [5.74, 6) is 0.432. The molecule has 0 saturated heterocycles. The van der Waals surface area contributed by atoms with Crippen LogP contribution >= 0.6 is 11.6 Å². The van der Waals surface area contributed by atoms with E-state index < -0.39 is 6.10 Å². The topological polar surface area (TPSA) is 112 Å². The molecule has 1 fully saturated rings. The predicted molar refractivity (Wildman–Crippen MR) is 105 cm³/mol. The van der Waals surface area contributed by atoms with Gasteiger partial charge in [-0.25, -0.2) is 14.8 Å². The van der Waals surface area contributed by atoms with Crippen molar-refractivity contribution in [3.63, 3.8) is 0 Å². The Morgan fingerprint density at radius 2 is 2.18 bits per heavy atom. The maximum absolute atomic E-state index is 11.9. The van der Waals surface area contributed by atoms with Gasteiger partial charge < -0.3 is 25.5 Å². The van der Waals surface area contributed by atoms with Crippen LogP contribution in [0.2, 0.25) is 5.02 Å². The third-order valence-electron chi connectivity index (χ3n) is 4.87. The number of rotatable bonds is 5. The summed E-state index contributed by atoms with van der Waals surface area (Å²) in [6, 6.07) is 5.23. The third kappa shape index (κ3) is 3.74. The van der Waals surface area contributed by atoms with Gasteiger partial charge in [-0.1, -0.05) is 11.6 Å². The number of nitrogens with zero attached hydrogens (tertiary/aromatic N) is 2. The monoisotopic (exact) mass is 401 g/mol. The number of aromatic amines is 1. The lowest BCUT2D eigenvalue weighted by molar-refractivity contribution is 0.0548. The molecule has 1 saturated carbocycles. The van der Waals surface area contributed by atoms with E-state index in [2.05, 4.69) is 25.6 Å². The van der Waals surface area contributed by atoms with Gasteiger partial charge in [0.25, 0.3) is 0 Å². The largest absolute Gasteiger partial charge is 0.480 e. The molecule has 8 nitrogen and oxygen atoms in total. The fraction of sp³-hybridized carbons (Fsp3) is 0.316. The zero-order valence-electron chi connectivity index (χ0n) is 15.2. The number of carbonyl (C=O) groups is 1. The maximum Gasteiger partial charge on any atom is 0.315 e. The minimum Gasteiger partial charge on any atom is -0.480 e. The molecular weight excluding hydrogens is 382 g/mol. The van der Waals surface area contributed by atoms with Crippen LogP contribution in [0.1, 0.15) is 18.5 Å². The van der Waals surface area contributed by atoms with E-state index in [0.717, 1.165) is 35.0 Å². The quantitative estimate of drug-likeness (QED) is 0.525. The Kier molecular flexibility index (Phi) is 5.06. The summed E-state index contributed by atoms with van der Waals surface area (Å²) in [4.78, 5) is 23.7. The first-order valence-corrected chi connectivity index (χ1v) is 9.31. The van der Waals surface area contributed by atoms with Crippen molar-refractivity contribution >= 4 is 28.5 Å². The number of aliphatic hydroxyl groups excluding tert-OH is 1. The van der Waals surface area contributed by atoms with Crippen LogP contribution in [0, 0.1) is 0 Å². The number of H-pyrrole nitrogens is 1. The van der Waals surface area contributed by atoms with E-state index in [1.807, 2.05) is 18.2 Å². The van der Waals surface area contributed by atoms with Gasteiger partial charge in [-0.05, 0) is 31.0 Å². The van der Waals surface area contributed by atoms with Crippen LogP contribution in [-0.4, -0.2) is 45.3 Å². The number of nitrogens with one attached hydrogen (secondary N) is 3. The van der Waals surface area contributed by atoms with E-state index in [0.29, 0.717) is 23.1 Å². The lowest BCUT2D eigenvalue weighted by atomic mass is 9.89. The van der Waals surface area contributed by atoms with E-state index in [-0.39, 0.29) is 12.1 Å². The molecule has 1 aromatic carbocycles. The van der Waals surface area contributed by atoms with Crippen LogP contribution in [0.3, 0.4) is 0 Å². The van der Waals surface area contributed by atoms with E-state index >= 15 is 0 Å². The summed E-state index contributed by atoms with van der Waals surface area (Å²) in [5.41, 5.74) is 3.11. The average molecular weight is 402 g/mol. The molecule has 4 N–H and O–H groups in total. The molecule has 1 aliphatic rings. The van der Waals surface area contributed by atoms with Gasteiger partial charge >= 0.3 is 6.03 Å². The Morgan fingerprint density at radius 3 is 2.82 bits per heavy atom. The molecule has 146 valence electrons. The Hall–Kier alpha value is -2.84. The Morgan fingerprint density at radius 1 is 1.32 bits per heavy atom. The molecule has 28 heavy (non-hydrogen) atoms. The summed E-state index contributed by atoms with van der Waals surface area (Å²) < 4.78 is 5.03. The fourth-order valence-electron chi connectivity index (χ4n) is 3.11. The number of hydrogen-bond donors (Lipinski definition) is 4. The molecule has 2 atom stereocenters. The minimum absolute atomic E-state index is 0.158. The fourth-order valence-corrected chi connectivity index (χ4v) is 3.38. The van der Waals surface area contributed by atoms with E-state index in [1.54, 1.807) is 6.20 Å². The van der Waals surface area contributed by atoms with Gasteiger partial charge in [0.1, 0.15) is 0 Å². The molecule has 0 aliphatic heterocycles. The zero-order valence-corrected chi connectivity index (χ0v) is 16.0. The third-order valence-corrected chi connectivity index (χ3v) is 5.18. The molecule has 0 unspecified atom stereocenters. The molecule has 0 bridgehead atoms. The van der Waals surface area contributed by atoms with Gasteiger partial charge in [-0.2, -0.15) is 0 Å². The first-order chi connectivity index (χ1) is 13.5. The molecule has 2 amide bonds. The summed E-state index contributed by atoms with van der Waals surface area (Å²) in [6.07, 6.45) is 4.24. The van der Waals surface area contributed by atoms with Crippen LogP contribution < -0.4 is 15.4 Å². The minimum atomic E-state index is -0.444. The zero-order chi connectivity index (χ0) is 19.7. The second kappa shape index (κ2) is 7.65. The van der Waals surface area contributed by atoms with Gasteiger partial charge in [-0.15, -0.1) is 0 Å². The highest BCUT2D eigenvalue weighted by molar-refractivity contribution is 6.34. The van der Waals surface area contributed by atoms with Crippen LogP contribution in [0.4, 0.5) is 4.79 Å². The molecule has 3 aromatic rings. The Labute approximate surface area is 166 Å². The second-order valence-electron chi connectivity index (χ2n) is 6.74. The van der Waals surface area contributed by atoms with E-state index in [4.69, 9.17) is 16.3 Å². The number of halogens is 1. The van der Waals surface area contributed by atoms with Crippen molar-refractivity contribution in [2.45, 2.75) is 31.5 Å². The lowest BCUT2D eigenvalue weighted by Crippen LogP contribution is -2.52. The van der Waals surface area contributed by atoms with Crippen molar-refractivity contribution in [3.8, 4) is 17.1 Å². The van der Waals surface area contributed by atoms with Crippen LogP contribution in [-0.2, 0) is 6.54 Å². The van der Waals surface area contributed by atoms with Crippen LogP contribution in [0.15, 0.2) is 30.6 Å². The summed E-state index contributed by atoms with van der Waals surface area (Å²) in [7, 11) is 1.53.